The number of carbonyl (C=O) groups excluding carboxylic acids is 2. The van der Waals surface area contributed by atoms with E-state index in [9.17, 15) is 9.59 Å². The van der Waals surface area contributed by atoms with Crippen LogP contribution in [0.15, 0.2) is 30.6 Å². The summed E-state index contributed by atoms with van der Waals surface area (Å²) in [5.41, 5.74) is 1.78. The van der Waals surface area contributed by atoms with Crippen molar-refractivity contribution in [3.05, 3.63) is 41.9 Å². The van der Waals surface area contributed by atoms with Crippen LogP contribution in [0.2, 0.25) is 0 Å². The molecular weight excluding hydrogens is 366 g/mol. The number of amides is 2. The number of likely N-dealkylation sites (tertiary alicyclic amines) is 1. The zero-order chi connectivity index (χ0) is 20.4. The van der Waals surface area contributed by atoms with E-state index < -0.39 is 0 Å². The number of rotatable bonds is 4. The minimum Gasteiger partial charge on any atom is -0.352 e. The van der Waals surface area contributed by atoms with Crippen molar-refractivity contribution < 1.29 is 9.59 Å². The molecule has 7 nitrogen and oxygen atoms in total. The highest BCUT2D eigenvalue weighted by molar-refractivity contribution is 5.99. The molecule has 1 fully saturated rings. The van der Waals surface area contributed by atoms with Gasteiger partial charge in [0.1, 0.15) is 5.56 Å². The minimum absolute atomic E-state index is 0.161. The van der Waals surface area contributed by atoms with E-state index in [2.05, 4.69) is 34.5 Å². The van der Waals surface area contributed by atoms with Crippen LogP contribution >= 0.6 is 0 Å². The lowest BCUT2D eigenvalue weighted by molar-refractivity contribution is -0.143. The largest absolute Gasteiger partial charge is 0.352 e. The Bertz CT molecular complexity index is 950. The van der Waals surface area contributed by atoms with E-state index >= 15 is 0 Å². The monoisotopic (exact) mass is 395 g/mol. The van der Waals surface area contributed by atoms with Crippen molar-refractivity contribution in [2.45, 2.75) is 51.9 Å². The van der Waals surface area contributed by atoms with Crippen molar-refractivity contribution in [2.24, 2.45) is 5.41 Å². The number of aromatic nitrogens is 3. The van der Waals surface area contributed by atoms with E-state index in [1.54, 1.807) is 16.9 Å². The molecule has 2 aliphatic rings. The van der Waals surface area contributed by atoms with Crippen molar-refractivity contribution in [1.82, 2.24) is 24.8 Å². The van der Waals surface area contributed by atoms with Crippen LogP contribution in [0.25, 0.3) is 5.65 Å². The number of hydrogen-bond acceptors (Lipinski definition) is 4. The second-order valence-electron chi connectivity index (χ2n) is 8.39. The first-order valence-electron chi connectivity index (χ1n) is 10.6. The predicted molar refractivity (Wildman–Crippen MR) is 111 cm³/mol. The molecule has 29 heavy (non-hydrogen) atoms. The van der Waals surface area contributed by atoms with E-state index in [0.29, 0.717) is 24.3 Å². The molecule has 0 spiro atoms. The van der Waals surface area contributed by atoms with Crippen molar-refractivity contribution in [2.75, 3.05) is 19.6 Å². The summed E-state index contributed by atoms with van der Waals surface area (Å²) in [4.78, 5) is 32.0. The van der Waals surface area contributed by atoms with Gasteiger partial charge in [0.05, 0.1) is 17.3 Å². The predicted octanol–water partition coefficient (Wildman–Crippen LogP) is 2.93. The lowest BCUT2D eigenvalue weighted by Crippen LogP contribution is -2.47. The van der Waals surface area contributed by atoms with Gasteiger partial charge in [0.2, 0.25) is 5.91 Å². The van der Waals surface area contributed by atoms with Crippen molar-refractivity contribution in [1.29, 1.82) is 0 Å². The summed E-state index contributed by atoms with van der Waals surface area (Å²) >= 11 is 0. The number of hydrogen-bond donors (Lipinski definition) is 1. The highest BCUT2D eigenvalue weighted by Crippen LogP contribution is 2.36. The van der Waals surface area contributed by atoms with Crippen molar-refractivity contribution >= 4 is 17.5 Å². The first-order valence-corrected chi connectivity index (χ1v) is 10.6. The van der Waals surface area contributed by atoms with Gasteiger partial charge in [0.15, 0.2) is 5.65 Å². The summed E-state index contributed by atoms with van der Waals surface area (Å²) < 4.78 is 1.77. The third-order valence-electron chi connectivity index (χ3n) is 6.25. The molecule has 0 saturated carbocycles. The van der Waals surface area contributed by atoms with Crippen LogP contribution in [0, 0.1) is 5.41 Å². The maximum Gasteiger partial charge on any atom is 0.256 e. The standard InChI is InChI=1S/C22H29N5O2/c1-3-23-20(28)17-14-25-27-18(9-12-24-19(17)27)16-8-7-13-26(15-16)21(29)22(2)10-5-4-6-11-22/h4-5,9,12,14,16H,3,6-8,10-11,13,15H2,1-2H3,(H,23,28). The Morgan fingerprint density at radius 2 is 2.21 bits per heavy atom. The molecule has 4 rings (SSSR count). The molecule has 2 amide bonds. The number of nitrogens with one attached hydrogen (secondary N) is 1. The van der Waals surface area contributed by atoms with Gasteiger partial charge in [-0.05, 0) is 45.1 Å². The molecule has 154 valence electrons. The van der Waals surface area contributed by atoms with E-state index in [1.165, 1.54) is 0 Å². The summed E-state index contributed by atoms with van der Waals surface area (Å²) in [6.45, 7) is 6.04. The van der Waals surface area contributed by atoms with Gasteiger partial charge in [0.25, 0.3) is 5.91 Å². The second kappa shape index (κ2) is 7.97. The molecule has 2 aromatic rings. The average Bonchev–Trinajstić information content (AvgIpc) is 3.18. The van der Waals surface area contributed by atoms with Crippen molar-refractivity contribution in [3.63, 3.8) is 0 Å². The fourth-order valence-corrected chi connectivity index (χ4v) is 4.58. The van der Waals surface area contributed by atoms with Crippen LogP contribution in [-0.4, -0.2) is 50.9 Å². The number of carbonyl (C=O) groups is 2. The van der Waals surface area contributed by atoms with Gasteiger partial charge in [-0.2, -0.15) is 5.10 Å². The fourth-order valence-electron chi connectivity index (χ4n) is 4.58. The van der Waals surface area contributed by atoms with E-state index in [4.69, 9.17) is 0 Å². The highest BCUT2D eigenvalue weighted by atomic mass is 16.2. The molecule has 2 unspecified atom stereocenters. The normalized spacial score (nSPS) is 24.6. The van der Waals surface area contributed by atoms with Gasteiger partial charge < -0.3 is 10.2 Å². The van der Waals surface area contributed by atoms with Crippen LogP contribution in [0.4, 0.5) is 0 Å². The summed E-state index contributed by atoms with van der Waals surface area (Å²) in [5.74, 6) is 0.286. The summed E-state index contributed by atoms with van der Waals surface area (Å²) in [6, 6.07) is 1.96. The number of nitrogens with zero attached hydrogens (tertiary/aromatic N) is 4. The third kappa shape index (κ3) is 3.66. The molecule has 0 radical (unpaired) electrons. The molecule has 7 heteroatoms. The fraction of sp³-hybridized carbons (Fsp3) is 0.545. The Hall–Kier alpha value is -2.70. The maximum absolute atomic E-state index is 13.3. The van der Waals surface area contributed by atoms with Gasteiger partial charge >= 0.3 is 0 Å². The van der Waals surface area contributed by atoms with E-state index in [0.717, 1.165) is 44.3 Å². The first kappa shape index (κ1) is 19.6. The smallest absolute Gasteiger partial charge is 0.256 e. The summed E-state index contributed by atoms with van der Waals surface area (Å²) in [6.07, 6.45) is 12.3. The second-order valence-corrected chi connectivity index (χ2v) is 8.39. The lowest BCUT2D eigenvalue weighted by Gasteiger charge is -2.39. The molecule has 2 aromatic heterocycles. The SMILES string of the molecule is CCNC(=O)c1cnn2c(C3CCCN(C(=O)C4(C)CC=CCC4)C3)ccnc12. The maximum atomic E-state index is 13.3. The Kier molecular flexibility index (Phi) is 5.39. The summed E-state index contributed by atoms with van der Waals surface area (Å²) in [7, 11) is 0. The molecule has 1 saturated heterocycles. The molecule has 0 bridgehead atoms. The van der Waals surface area contributed by atoms with Crippen molar-refractivity contribution in [3.8, 4) is 0 Å². The van der Waals surface area contributed by atoms with Crippen LogP contribution < -0.4 is 5.32 Å². The summed E-state index contributed by atoms with van der Waals surface area (Å²) in [5, 5.41) is 7.26. The molecule has 3 heterocycles. The Balaban J connectivity index is 1.58. The van der Waals surface area contributed by atoms with Gasteiger partial charge in [-0.3, -0.25) is 9.59 Å². The Morgan fingerprint density at radius 1 is 1.34 bits per heavy atom. The Labute approximate surface area is 171 Å². The van der Waals surface area contributed by atoms with E-state index in [-0.39, 0.29) is 23.1 Å². The van der Waals surface area contributed by atoms with Gasteiger partial charge in [0, 0.05) is 31.7 Å². The van der Waals surface area contributed by atoms with E-state index in [1.807, 2.05) is 17.9 Å². The number of allylic oxidation sites excluding steroid dienone is 2. The molecule has 1 aliphatic heterocycles. The number of fused-ring (bicyclic) bond motifs is 1. The van der Waals surface area contributed by atoms with Gasteiger partial charge in [-0.15, -0.1) is 0 Å². The highest BCUT2D eigenvalue weighted by Gasteiger charge is 2.38. The van der Waals surface area contributed by atoms with Gasteiger partial charge in [-0.1, -0.05) is 19.1 Å². The first-order chi connectivity index (χ1) is 14.0. The zero-order valence-corrected chi connectivity index (χ0v) is 17.2. The quantitative estimate of drug-likeness (QED) is 0.808. The molecule has 1 N–H and O–H groups in total. The van der Waals surface area contributed by atoms with Gasteiger partial charge in [-0.25, -0.2) is 9.50 Å². The molecule has 0 aromatic carbocycles. The lowest BCUT2D eigenvalue weighted by atomic mass is 9.77. The molecule has 2 atom stereocenters. The van der Waals surface area contributed by atoms with Crippen LogP contribution in [-0.2, 0) is 4.79 Å². The zero-order valence-electron chi connectivity index (χ0n) is 17.2. The average molecular weight is 396 g/mol. The number of piperidine rings is 1. The topological polar surface area (TPSA) is 79.6 Å². The molecule has 1 aliphatic carbocycles. The van der Waals surface area contributed by atoms with Crippen LogP contribution in [0.3, 0.4) is 0 Å². The Morgan fingerprint density at radius 3 is 2.97 bits per heavy atom. The minimum atomic E-state index is -0.290. The molecular formula is C22H29N5O2. The third-order valence-corrected chi connectivity index (χ3v) is 6.25. The van der Waals surface area contributed by atoms with Crippen LogP contribution in [0.1, 0.15) is 67.9 Å². The van der Waals surface area contributed by atoms with Crippen LogP contribution in [0.5, 0.6) is 0 Å².